The molecule has 0 fully saturated rings. The molecule has 0 amide bonds. The van der Waals surface area contributed by atoms with Crippen LogP contribution in [0.25, 0.3) is 0 Å². The van der Waals surface area contributed by atoms with Gasteiger partial charge < -0.3 is 19.7 Å². The second kappa shape index (κ2) is 11.5. The fraction of sp³-hybridized carbons (Fsp3) is 0.476. The molecule has 2 aromatic rings. The molecule has 0 aliphatic heterocycles. The third kappa shape index (κ3) is 6.79. The molecule has 27 heavy (non-hydrogen) atoms. The Labute approximate surface area is 167 Å². The Balaban J connectivity index is 1.85. The largest absolute Gasteiger partial charge is 0.493 e. The Bertz CT molecular complexity index is 701. The Morgan fingerprint density at radius 3 is 2.63 bits per heavy atom. The number of nitrogens with zero attached hydrogens (tertiary/aromatic N) is 2. The lowest BCUT2D eigenvalue weighted by atomic mass is 10.1. The minimum Gasteiger partial charge on any atom is -0.493 e. The zero-order chi connectivity index (χ0) is 19.5. The van der Waals surface area contributed by atoms with Crippen molar-refractivity contribution < 1.29 is 9.47 Å². The zero-order valence-corrected chi connectivity index (χ0v) is 17.6. The Kier molecular flexibility index (Phi) is 8.98. The molecule has 6 heteroatoms. The maximum Gasteiger partial charge on any atom is 0.193 e. The van der Waals surface area contributed by atoms with Crippen LogP contribution in [0.2, 0.25) is 0 Å². The van der Waals surface area contributed by atoms with Crippen LogP contribution in [0.15, 0.2) is 40.7 Å². The predicted molar refractivity (Wildman–Crippen MR) is 114 cm³/mol. The fourth-order valence-corrected chi connectivity index (χ4v) is 3.51. The van der Waals surface area contributed by atoms with Crippen LogP contribution < -0.4 is 14.8 Å². The standard InChI is InChI=1S/C21H31N3O2S/c1-5-22-21(24(2)14-12-18-9-7-15-27-18)23-13-6-8-17-10-11-19(25-3)20(16-17)26-4/h7,9-11,15-16H,5-6,8,12-14H2,1-4H3,(H,22,23). The van der Waals surface area contributed by atoms with E-state index >= 15 is 0 Å². The van der Waals surface area contributed by atoms with Crippen molar-refractivity contribution in [3.8, 4) is 11.5 Å². The molecule has 148 valence electrons. The average Bonchev–Trinajstić information content (AvgIpc) is 3.21. The van der Waals surface area contributed by atoms with Gasteiger partial charge in [0.1, 0.15) is 0 Å². The minimum atomic E-state index is 0.765. The highest BCUT2D eigenvalue weighted by Gasteiger charge is 2.07. The number of nitrogens with one attached hydrogen (secondary N) is 1. The number of likely N-dealkylation sites (N-methyl/N-ethyl adjacent to an activating group) is 1. The van der Waals surface area contributed by atoms with E-state index in [0.29, 0.717) is 0 Å². The smallest absolute Gasteiger partial charge is 0.193 e. The highest BCUT2D eigenvalue weighted by Crippen LogP contribution is 2.27. The molecule has 0 saturated heterocycles. The molecule has 2 rings (SSSR count). The van der Waals surface area contributed by atoms with Crippen molar-refractivity contribution in [1.29, 1.82) is 0 Å². The summed E-state index contributed by atoms with van der Waals surface area (Å²) in [5.74, 6) is 2.52. The first-order chi connectivity index (χ1) is 13.2. The molecule has 0 aliphatic carbocycles. The Hall–Kier alpha value is -2.21. The predicted octanol–water partition coefficient (Wildman–Crippen LogP) is 3.84. The van der Waals surface area contributed by atoms with Gasteiger partial charge in [0.15, 0.2) is 17.5 Å². The summed E-state index contributed by atoms with van der Waals surface area (Å²) in [5, 5.41) is 5.52. The van der Waals surface area contributed by atoms with Crippen LogP contribution in [0, 0.1) is 0 Å². The molecule has 1 aromatic heterocycles. The van der Waals surface area contributed by atoms with Crippen LogP contribution in [0.5, 0.6) is 11.5 Å². The van der Waals surface area contributed by atoms with Crippen molar-refractivity contribution in [3.63, 3.8) is 0 Å². The molecule has 0 bridgehead atoms. The molecule has 0 spiro atoms. The number of rotatable bonds is 10. The number of hydrogen-bond acceptors (Lipinski definition) is 4. The molecule has 5 nitrogen and oxygen atoms in total. The number of benzene rings is 1. The van der Waals surface area contributed by atoms with Crippen LogP contribution >= 0.6 is 11.3 Å². The first-order valence-electron chi connectivity index (χ1n) is 9.40. The van der Waals surface area contributed by atoms with Crippen LogP contribution in [-0.4, -0.2) is 51.8 Å². The number of aliphatic imine (C=N–C) groups is 1. The van der Waals surface area contributed by atoms with E-state index in [0.717, 1.165) is 56.4 Å². The van der Waals surface area contributed by atoms with Gasteiger partial charge in [-0.1, -0.05) is 12.1 Å². The van der Waals surface area contributed by atoms with Gasteiger partial charge in [-0.15, -0.1) is 11.3 Å². The molecule has 0 atom stereocenters. The van der Waals surface area contributed by atoms with Gasteiger partial charge in [-0.25, -0.2) is 0 Å². The fourth-order valence-electron chi connectivity index (χ4n) is 2.81. The van der Waals surface area contributed by atoms with E-state index in [1.807, 2.05) is 23.5 Å². The first kappa shape index (κ1) is 21.1. The molecule has 0 aliphatic rings. The Morgan fingerprint density at radius 1 is 1.15 bits per heavy atom. The molecule has 1 N–H and O–H groups in total. The monoisotopic (exact) mass is 389 g/mol. The molecule has 0 unspecified atom stereocenters. The number of aryl methyl sites for hydroxylation is 1. The molecular formula is C21H31N3O2S. The third-order valence-electron chi connectivity index (χ3n) is 4.30. The molecular weight excluding hydrogens is 358 g/mol. The number of thiophene rings is 1. The van der Waals surface area contributed by atoms with Crippen LogP contribution in [-0.2, 0) is 12.8 Å². The second-order valence-corrected chi connectivity index (χ2v) is 7.31. The van der Waals surface area contributed by atoms with E-state index in [2.05, 4.69) is 47.8 Å². The van der Waals surface area contributed by atoms with Crippen LogP contribution in [0.1, 0.15) is 23.8 Å². The maximum absolute atomic E-state index is 5.37. The quantitative estimate of drug-likeness (QED) is 0.381. The van der Waals surface area contributed by atoms with Crippen LogP contribution in [0.4, 0.5) is 0 Å². The minimum absolute atomic E-state index is 0.765. The van der Waals surface area contributed by atoms with Gasteiger partial charge in [-0.3, -0.25) is 4.99 Å². The lowest BCUT2D eigenvalue weighted by molar-refractivity contribution is 0.354. The highest BCUT2D eigenvalue weighted by molar-refractivity contribution is 7.09. The van der Waals surface area contributed by atoms with Gasteiger partial charge in [0, 0.05) is 31.6 Å². The van der Waals surface area contributed by atoms with Gasteiger partial charge in [0.05, 0.1) is 14.2 Å². The van der Waals surface area contributed by atoms with E-state index in [1.165, 1.54) is 10.4 Å². The molecule has 1 aromatic carbocycles. The van der Waals surface area contributed by atoms with Crippen LogP contribution in [0.3, 0.4) is 0 Å². The van der Waals surface area contributed by atoms with E-state index in [-0.39, 0.29) is 0 Å². The summed E-state index contributed by atoms with van der Waals surface area (Å²) in [7, 11) is 5.42. The van der Waals surface area contributed by atoms with Crippen molar-refractivity contribution in [1.82, 2.24) is 10.2 Å². The number of ether oxygens (including phenoxy) is 2. The number of hydrogen-bond donors (Lipinski definition) is 1. The summed E-state index contributed by atoms with van der Waals surface area (Å²) in [5.41, 5.74) is 1.24. The number of methoxy groups -OCH3 is 2. The van der Waals surface area contributed by atoms with Crippen molar-refractivity contribution >= 4 is 17.3 Å². The summed E-state index contributed by atoms with van der Waals surface area (Å²) >= 11 is 1.81. The van der Waals surface area contributed by atoms with Gasteiger partial charge in [-0.05, 0) is 55.3 Å². The summed E-state index contributed by atoms with van der Waals surface area (Å²) in [6.07, 6.45) is 3.00. The van der Waals surface area contributed by atoms with Crippen molar-refractivity contribution in [2.24, 2.45) is 4.99 Å². The Morgan fingerprint density at radius 2 is 1.96 bits per heavy atom. The number of guanidine groups is 1. The van der Waals surface area contributed by atoms with Crippen molar-refractivity contribution in [2.75, 3.05) is 40.9 Å². The summed E-state index contributed by atoms with van der Waals surface area (Å²) in [4.78, 5) is 8.40. The van der Waals surface area contributed by atoms with Crippen molar-refractivity contribution in [3.05, 3.63) is 46.2 Å². The van der Waals surface area contributed by atoms with Gasteiger partial charge >= 0.3 is 0 Å². The zero-order valence-electron chi connectivity index (χ0n) is 16.8. The lowest BCUT2D eigenvalue weighted by Crippen LogP contribution is -2.40. The SMILES string of the molecule is CCNC(=NCCCc1ccc(OC)c(OC)c1)N(C)CCc1cccs1. The normalized spacial score (nSPS) is 11.3. The van der Waals surface area contributed by atoms with E-state index in [9.17, 15) is 0 Å². The van der Waals surface area contributed by atoms with Gasteiger partial charge in [0.2, 0.25) is 0 Å². The summed E-state index contributed by atoms with van der Waals surface area (Å²) < 4.78 is 10.7. The highest BCUT2D eigenvalue weighted by atomic mass is 32.1. The van der Waals surface area contributed by atoms with E-state index in [4.69, 9.17) is 14.5 Å². The molecule has 0 saturated carbocycles. The second-order valence-electron chi connectivity index (χ2n) is 6.28. The van der Waals surface area contributed by atoms with E-state index < -0.39 is 0 Å². The maximum atomic E-state index is 5.37. The third-order valence-corrected chi connectivity index (χ3v) is 5.24. The van der Waals surface area contributed by atoms with Gasteiger partial charge in [0.25, 0.3) is 0 Å². The average molecular weight is 390 g/mol. The summed E-state index contributed by atoms with van der Waals surface area (Å²) in [6.45, 7) is 4.73. The van der Waals surface area contributed by atoms with E-state index in [1.54, 1.807) is 14.2 Å². The first-order valence-corrected chi connectivity index (χ1v) is 10.3. The van der Waals surface area contributed by atoms with Gasteiger partial charge in [-0.2, -0.15) is 0 Å². The topological polar surface area (TPSA) is 46.1 Å². The van der Waals surface area contributed by atoms with Crippen molar-refractivity contribution in [2.45, 2.75) is 26.2 Å². The molecule has 1 heterocycles. The summed E-state index contributed by atoms with van der Waals surface area (Å²) in [6, 6.07) is 10.4. The lowest BCUT2D eigenvalue weighted by Gasteiger charge is -2.21. The molecule has 0 radical (unpaired) electrons.